The maximum absolute atomic E-state index is 17.0. The Bertz CT molecular complexity index is 2200. The van der Waals surface area contributed by atoms with E-state index < -0.39 is 125 Å². The molecule has 6 N–H and O–H groups in total. The first-order valence-corrected chi connectivity index (χ1v) is 23.3. The second-order valence-corrected chi connectivity index (χ2v) is 21.8. The van der Waals surface area contributed by atoms with Crippen molar-refractivity contribution in [1.82, 2.24) is 0 Å². The van der Waals surface area contributed by atoms with Gasteiger partial charge >= 0.3 is 65.1 Å². The molecule has 0 radical (unpaired) electrons. The van der Waals surface area contributed by atoms with Gasteiger partial charge in [-0.3, -0.25) is 24.0 Å². The maximum atomic E-state index is 17.0. The second-order valence-electron chi connectivity index (χ2n) is 20.7. The third kappa shape index (κ3) is 7.96. The quantitative estimate of drug-likeness (QED) is 0.109. The van der Waals surface area contributed by atoms with E-state index in [2.05, 4.69) is 4.52 Å². The molecule has 20 heteroatoms. The van der Waals surface area contributed by atoms with Gasteiger partial charge < -0.3 is 49.5 Å². The smallest absolute Gasteiger partial charge is 0.790 e. The van der Waals surface area contributed by atoms with Crippen LogP contribution in [0, 0.1) is 57.2 Å². The third-order valence-corrected chi connectivity index (χ3v) is 18.5. The van der Waals surface area contributed by atoms with Crippen LogP contribution in [0.25, 0.3) is 0 Å². The van der Waals surface area contributed by atoms with Crippen molar-refractivity contribution in [2.75, 3.05) is 13.2 Å². The average Bonchev–Trinajstić information content (AvgIpc) is 3.52. The van der Waals surface area contributed by atoms with Gasteiger partial charge in [-0.15, -0.1) is 0 Å². The molecule has 66 heavy (non-hydrogen) atoms. The Hall–Kier alpha value is -1.12. The van der Waals surface area contributed by atoms with Crippen molar-refractivity contribution in [2.45, 2.75) is 135 Å². The molecule has 0 bridgehead atoms. The predicted molar refractivity (Wildman–Crippen MR) is 220 cm³/mol. The van der Waals surface area contributed by atoms with Gasteiger partial charge in [-0.1, -0.05) is 51.0 Å². The molecule has 8 rings (SSSR count). The standard InChI is InChI=1S/C24H31FO6.C22H30FO8P.2Na.H2O/c1-13-9-18-17-6-5-15-10-16(27)7-8-21(15,3)23(17,25)19(28)11-22(18,4)24(13,30)20(29)12-31-14(2)26;1-12-8-16-15-5-4-13-9-14(24)6-7-19(13,2)21(15,23)17(25)10-20(16,3)22(12,27)18(26)11-31-32(28,29)30;;;/h7-8,10,13,17-19,28,30H,5-6,9,11-12H2,1-4H3;6-7,9,12,15-17,25,27H,4-5,8,10-11H2,1-3H3,(H2,28,29,30);;;1H2/q;;2*+1;/p-2/t13-,17+,18+,19+,21+,22+,23+,24+;12-,15+,16+,17+,19+,20+,21+,22+;;;/m11.../s1. The minimum atomic E-state index is -5.43. The SMILES string of the molecule is CC(=O)OCC(=O)[C@@]1(O)[C@H](C)C[C@H]2[C@@H]3CCC4=CC(=O)C=C[C@]4(C)[C@@]3(F)[C@@H](O)C[C@@]21C.C[C@@H]1C[C@H]2[C@@H]3CCC4=CC(=O)C=C[C@]4(C)[C@@]3(F)[C@@H](O)C[C@]2(C)[C@@]1(O)C(=O)COP(=O)([O-])[O-].O.[Na+].[Na+]. The van der Waals surface area contributed by atoms with Crippen LogP contribution in [0.4, 0.5) is 8.78 Å². The summed E-state index contributed by atoms with van der Waals surface area (Å²) in [6.07, 6.45) is 7.82. The minimum Gasteiger partial charge on any atom is -0.790 e. The van der Waals surface area contributed by atoms with E-state index in [0.29, 0.717) is 43.3 Å². The van der Waals surface area contributed by atoms with Crippen molar-refractivity contribution >= 4 is 36.9 Å². The number of phosphoric acid groups is 1. The number of allylic oxidation sites excluding steroid dienone is 8. The Balaban J connectivity index is 0.000000276. The number of carbonyl (C=O) groups is 5. The summed E-state index contributed by atoms with van der Waals surface area (Å²) >= 11 is 0. The van der Waals surface area contributed by atoms with E-state index in [-0.39, 0.29) is 101 Å². The van der Waals surface area contributed by atoms with Crippen molar-refractivity contribution in [3.8, 4) is 0 Å². The molecule has 0 spiro atoms. The van der Waals surface area contributed by atoms with Crippen LogP contribution in [0.2, 0.25) is 0 Å². The first-order chi connectivity index (χ1) is 28.9. The number of phosphoric ester groups is 1. The summed E-state index contributed by atoms with van der Waals surface area (Å²) < 4.78 is 53.9. The summed E-state index contributed by atoms with van der Waals surface area (Å²) in [6.45, 7) is 9.69. The van der Waals surface area contributed by atoms with Gasteiger partial charge in [0.2, 0.25) is 5.78 Å². The molecule has 0 unspecified atom stereocenters. The van der Waals surface area contributed by atoms with Crippen molar-refractivity contribution in [2.24, 2.45) is 57.2 Å². The number of aliphatic hydroxyl groups excluding tert-OH is 2. The number of hydrogen-bond acceptors (Lipinski definition) is 14. The molecule has 0 aromatic heterocycles. The van der Waals surface area contributed by atoms with E-state index in [0.717, 1.165) is 0 Å². The van der Waals surface area contributed by atoms with Crippen LogP contribution in [0.3, 0.4) is 0 Å². The van der Waals surface area contributed by atoms with Gasteiger partial charge in [0.15, 0.2) is 35.3 Å². The molecule has 0 amide bonds. The van der Waals surface area contributed by atoms with Crippen LogP contribution in [0.5, 0.6) is 0 Å². The molecular formula is C46H61F2Na2O15P. The van der Waals surface area contributed by atoms with Gasteiger partial charge in [-0.05, 0) is 113 Å². The van der Waals surface area contributed by atoms with Crippen LogP contribution in [-0.4, -0.2) is 103 Å². The van der Waals surface area contributed by atoms with Crippen LogP contribution >= 0.6 is 7.82 Å². The van der Waals surface area contributed by atoms with Gasteiger partial charge in [0, 0.05) is 40.4 Å². The van der Waals surface area contributed by atoms with Crippen molar-refractivity contribution < 1.29 is 141 Å². The topological polar surface area (TPSA) is 279 Å². The molecule has 6 fully saturated rings. The Kier molecular flexibility index (Phi) is 16.4. The minimum absolute atomic E-state index is 0. The third-order valence-electron chi connectivity index (χ3n) is 18.1. The van der Waals surface area contributed by atoms with Crippen LogP contribution in [0.1, 0.15) is 99.8 Å². The number of ether oxygens (including phenoxy) is 1. The number of carbonyl (C=O) groups excluding carboxylic acids is 5. The monoisotopic (exact) mass is 968 g/mol. The zero-order valence-electron chi connectivity index (χ0n) is 39.2. The molecule has 0 aromatic carbocycles. The van der Waals surface area contributed by atoms with E-state index in [1.165, 1.54) is 37.3 Å². The van der Waals surface area contributed by atoms with E-state index in [9.17, 15) is 58.8 Å². The zero-order valence-corrected chi connectivity index (χ0v) is 44.1. The van der Waals surface area contributed by atoms with E-state index in [1.807, 2.05) is 0 Å². The van der Waals surface area contributed by atoms with Gasteiger partial charge in [0.25, 0.3) is 0 Å². The van der Waals surface area contributed by atoms with E-state index in [1.54, 1.807) is 47.6 Å². The number of Topliss-reactive ketones (excluding diaryl/α,β-unsaturated/α-hetero) is 2. The largest absolute Gasteiger partial charge is 1.00 e. The first kappa shape index (κ1) is 57.5. The van der Waals surface area contributed by atoms with Crippen LogP contribution in [-0.2, 0) is 37.8 Å². The second kappa shape index (κ2) is 18.8. The van der Waals surface area contributed by atoms with E-state index >= 15 is 8.78 Å². The molecule has 8 aliphatic carbocycles. The Morgan fingerprint density at radius 1 is 0.727 bits per heavy atom. The number of hydrogen-bond donors (Lipinski definition) is 4. The summed E-state index contributed by atoms with van der Waals surface area (Å²) in [6, 6.07) is 0. The van der Waals surface area contributed by atoms with Crippen molar-refractivity contribution in [3.05, 3.63) is 47.6 Å². The molecular weight excluding hydrogens is 907 g/mol. The Labute approximate surface area is 427 Å². The summed E-state index contributed by atoms with van der Waals surface area (Å²) in [7, 11) is -5.43. The average molecular weight is 969 g/mol. The van der Waals surface area contributed by atoms with Crippen molar-refractivity contribution in [1.29, 1.82) is 0 Å². The fraction of sp³-hybridized carbons (Fsp3) is 0.717. The number of fused-ring (bicyclic) bond motifs is 10. The summed E-state index contributed by atoms with van der Waals surface area (Å²) in [4.78, 5) is 82.7. The Morgan fingerprint density at radius 2 is 1.09 bits per heavy atom. The van der Waals surface area contributed by atoms with Gasteiger partial charge in [0.05, 0.1) is 20.0 Å². The number of rotatable bonds is 7. The van der Waals surface area contributed by atoms with Crippen molar-refractivity contribution in [3.63, 3.8) is 0 Å². The zero-order chi connectivity index (χ0) is 46.9. The molecule has 0 aromatic rings. The Morgan fingerprint density at radius 3 is 1.44 bits per heavy atom. The fourth-order valence-corrected chi connectivity index (χ4v) is 15.1. The number of ketones is 4. The van der Waals surface area contributed by atoms with Crippen LogP contribution < -0.4 is 68.9 Å². The molecule has 15 nitrogen and oxygen atoms in total. The molecule has 356 valence electrons. The first-order valence-electron chi connectivity index (χ1n) is 21.9. The summed E-state index contributed by atoms with van der Waals surface area (Å²) in [5.41, 5.74) is -11.4. The fourth-order valence-electron chi connectivity index (χ4n) is 14.8. The molecule has 16 atom stereocenters. The number of halogens is 2. The molecule has 0 heterocycles. The predicted octanol–water partition coefficient (Wildman–Crippen LogP) is -3.60. The van der Waals surface area contributed by atoms with Gasteiger partial charge in [-0.25, -0.2) is 8.78 Å². The maximum Gasteiger partial charge on any atom is 1.00 e. The molecule has 0 aliphatic heterocycles. The summed E-state index contributed by atoms with van der Waals surface area (Å²) in [5.74, 6) is -5.86. The number of esters is 1. The number of alkyl halides is 2. The molecule has 8 aliphatic rings. The van der Waals surface area contributed by atoms with Crippen LogP contribution in [0.15, 0.2) is 47.6 Å². The summed E-state index contributed by atoms with van der Waals surface area (Å²) in [5, 5.41) is 45.7. The number of aliphatic hydroxyl groups is 4. The molecule has 0 saturated heterocycles. The molecule has 6 saturated carbocycles. The normalized spacial score (nSPS) is 46.0. The van der Waals surface area contributed by atoms with E-state index in [4.69, 9.17) is 4.74 Å². The van der Waals surface area contributed by atoms with Gasteiger partial charge in [-0.2, -0.15) is 0 Å². The van der Waals surface area contributed by atoms with Gasteiger partial charge in [0.1, 0.15) is 17.8 Å².